The second-order valence-corrected chi connectivity index (χ2v) is 4.60. The minimum Gasteiger partial charge on any atom is -0.480 e. The topological polar surface area (TPSA) is 88.3 Å². The minimum absolute atomic E-state index is 0.277. The van der Waals surface area contributed by atoms with Crippen LogP contribution in [0.5, 0.6) is 0 Å². The Bertz CT molecular complexity index is 396. The highest BCUT2D eigenvalue weighted by atomic mass is 16.5. The van der Waals surface area contributed by atoms with Gasteiger partial charge in [0.2, 0.25) is 5.89 Å². The zero-order chi connectivity index (χ0) is 11.8. The summed E-state index contributed by atoms with van der Waals surface area (Å²) in [5.41, 5.74) is -0.992. The first-order valence-corrected chi connectivity index (χ1v) is 5.30. The summed E-state index contributed by atoms with van der Waals surface area (Å²) in [6, 6.07) is 0. The summed E-state index contributed by atoms with van der Waals surface area (Å²) in [4.78, 5) is 15.0. The third-order valence-corrected chi connectivity index (χ3v) is 2.64. The highest BCUT2D eigenvalue weighted by molar-refractivity contribution is 5.77. The van der Waals surface area contributed by atoms with Gasteiger partial charge in [-0.1, -0.05) is 5.16 Å². The summed E-state index contributed by atoms with van der Waals surface area (Å²) in [7, 11) is 0. The van der Waals surface area contributed by atoms with Crippen LogP contribution in [0, 0.1) is 0 Å². The van der Waals surface area contributed by atoms with Gasteiger partial charge < -0.3 is 9.63 Å². The molecule has 0 radical (unpaired) electrons. The lowest BCUT2D eigenvalue weighted by Crippen LogP contribution is -2.46. The van der Waals surface area contributed by atoms with Gasteiger partial charge in [-0.3, -0.25) is 10.1 Å². The van der Waals surface area contributed by atoms with Gasteiger partial charge in [0.05, 0.1) is 6.54 Å². The number of rotatable bonds is 5. The highest BCUT2D eigenvalue weighted by Gasteiger charge is 2.30. The van der Waals surface area contributed by atoms with E-state index in [-0.39, 0.29) is 6.54 Å². The van der Waals surface area contributed by atoms with E-state index in [9.17, 15) is 4.79 Å². The molecule has 6 heteroatoms. The normalized spacial score (nSPS) is 16.4. The Hall–Kier alpha value is -1.43. The Morgan fingerprint density at radius 3 is 2.88 bits per heavy atom. The average molecular weight is 225 g/mol. The monoisotopic (exact) mass is 225 g/mol. The Kier molecular flexibility index (Phi) is 2.67. The van der Waals surface area contributed by atoms with Crippen LogP contribution in [0.3, 0.4) is 0 Å². The van der Waals surface area contributed by atoms with E-state index in [0.29, 0.717) is 11.8 Å². The number of nitrogens with zero attached hydrogens (tertiary/aromatic N) is 2. The van der Waals surface area contributed by atoms with Crippen molar-refractivity contribution in [2.45, 2.75) is 44.7 Å². The van der Waals surface area contributed by atoms with Gasteiger partial charge in [-0.2, -0.15) is 4.98 Å². The zero-order valence-electron chi connectivity index (χ0n) is 9.36. The molecule has 16 heavy (non-hydrogen) atoms. The molecule has 0 spiro atoms. The van der Waals surface area contributed by atoms with E-state index < -0.39 is 11.5 Å². The lowest BCUT2D eigenvalue weighted by atomic mass is 10.1. The lowest BCUT2D eigenvalue weighted by molar-refractivity contribution is -0.143. The first kappa shape index (κ1) is 11.1. The summed E-state index contributed by atoms with van der Waals surface area (Å²) < 4.78 is 5.02. The molecule has 6 nitrogen and oxygen atoms in total. The smallest absolute Gasteiger partial charge is 0.323 e. The predicted molar refractivity (Wildman–Crippen MR) is 54.8 cm³/mol. The van der Waals surface area contributed by atoms with Crippen LogP contribution < -0.4 is 5.32 Å². The van der Waals surface area contributed by atoms with Crippen molar-refractivity contribution in [3.63, 3.8) is 0 Å². The number of carbonyl (C=O) groups is 1. The molecule has 0 saturated heterocycles. The van der Waals surface area contributed by atoms with Crippen LogP contribution in [0.25, 0.3) is 0 Å². The second kappa shape index (κ2) is 3.86. The maximum atomic E-state index is 10.8. The van der Waals surface area contributed by atoms with Gasteiger partial charge >= 0.3 is 5.97 Å². The van der Waals surface area contributed by atoms with Crippen molar-refractivity contribution in [2.24, 2.45) is 0 Å². The molecule has 1 aromatic heterocycles. The Balaban J connectivity index is 1.91. The molecule has 1 saturated carbocycles. The molecular weight excluding hydrogens is 210 g/mol. The second-order valence-electron chi connectivity index (χ2n) is 4.60. The molecule has 1 fully saturated rings. The van der Waals surface area contributed by atoms with Crippen molar-refractivity contribution in [1.29, 1.82) is 0 Å². The summed E-state index contributed by atoms with van der Waals surface area (Å²) >= 11 is 0. The minimum atomic E-state index is -0.992. The number of carboxylic acid groups (broad SMARTS) is 1. The molecule has 88 valence electrons. The quantitative estimate of drug-likeness (QED) is 0.774. The summed E-state index contributed by atoms with van der Waals surface area (Å²) in [5.74, 6) is 0.723. The van der Waals surface area contributed by atoms with Crippen LogP contribution in [0.4, 0.5) is 0 Å². The molecule has 1 aliphatic carbocycles. The summed E-state index contributed by atoms with van der Waals surface area (Å²) in [5, 5.41) is 15.6. The molecule has 0 aliphatic heterocycles. The van der Waals surface area contributed by atoms with Gasteiger partial charge in [0.1, 0.15) is 5.54 Å². The van der Waals surface area contributed by atoms with E-state index in [0.717, 1.165) is 18.7 Å². The third-order valence-electron chi connectivity index (χ3n) is 2.64. The van der Waals surface area contributed by atoms with Crippen LogP contribution in [-0.4, -0.2) is 26.8 Å². The van der Waals surface area contributed by atoms with Gasteiger partial charge in [-0.15, -0.1) is 0 Å². The van der Waals surface area contributed by atoms with Gasteiger partial charge in [0.25, 0.3) is 0 Å². The summed E-state index contributed by atoms with van der Waals surface area (Å²) in [6.07, 6.45) is 2.24. The first-order valence-electron chi connectivity index (χ1n) is 5.30. The molecule has 1 aromatic rings. The van der Waals surface area contributed by atoms with E-state index in [4.69, 9.17) is 9.63 Å². The molecule has 0 unspecified atom stereocenters. The fraction of sp³-hybridized carbons (Fsp3) is 0.700. The van der Waals surface area contributed by atoms with Crippen molar-refractivity contribution < 1.29 is 14.4 Å². The maximum Gasteiger partial charge on any atom is 0.323 e. The zero-order valence-corrected chi connectivity index (χ0v) is 9.36. The largest absolute Gasteiger partial charge is 0.480 e. The van der Waals surface area contributed by atoms with Gasteiger partial charge in [0.15, 0.2) is 5.82 Å². The van der Waals surface area contributed by atoms with E-state index in [1.54, 1.807) is 13.8 Å². The van der Waals surface area contributed by atoms with E-state index in [1.807, 2.05) is 0 Å². The van der Waals surface area contributed by atoms with Crippen LogP contribution in [0.15, 0.2) is 4.52 Å². The van der Waals surface area contributed by atoms with Gasteiger partial charge in [0, 0.05) is 5.92 Å². The number of carboxylic acids is 1. The number of hydrogen-bond donors (Lipinski definition) is 2. The molecule has 1 aliphatic rings. The Morgan fingerprint density at radius 1 is 1.62 bits per heavy atom. The molecule has 0 amide bonds. The lowest BCUT2D eigenvalue weighted by Gasteiger charge is -2.19. The maximum absolute atomic E-state index is 10.8. The van der Waals surface area contributed by atoms with E-state index >= 15 is 0 Å². The van der Waals surface area contributed by atoms with Gasteiger partial charge in [-0.25, -0.2) is 0 Å². The van der Waals surface area contributed by atoms with E-state index in [1.165, 1.54) is 0 Å². The highest BCUT2D eigenvalue weighted by Crippen LogP contribution is 2.38. The third kappa shape index (κ3) is 2.38. The predicted octanol–water partition coefficient (Wildman–Crippen LogP) is 0.900. The standard InChI is InChI=1S/C10H15N3O3/c1-10(2,9(14)15)11-5-7-12-8(13-16-7)6-3-4-6/h6,11H,3-5H2,1-2H3,(H,14,15). The van der Waals surface area contributed by atoms with Crippen LogP contribution in [-0.2, 0) is 11.3 Å². The van der Waals surface area contributed by atoms with Gasteiger partial charge in [-0.05, 0) is 26.7 Å². The molecule has 0 atom stereocenters. The SMILES string of the molecule is CC(C)(NCc1nc(C2CC2)no1)C(=O)O. The Morgan fingerprint density at radius 2 is 2.31 bits per heavy atom. The van der Waals surface area contributed by atoms with Crippen molar-refractivity contribution in [1.82, 2.24) is 15.5 Å². The number of nitrogens with one attached hydrogen (secondary N) is 1. The van der Waals surface area contributed by atoms with Crippen molar-refractivity contribution in [3.8, 4) is 0 Å². The van der Waals surface area contributed by atoms with Crippen molar-refractivity contribution in [3.05, 3.63) is 11.7 Å². The summed E-state index contributed by atoms with van der Waals surface area (Å²) in [6.45, 7) is 3.46. The number of aromatic nitrogens is 2. The molecule has 2 N–H and O–H groups in total. The fourth-order valence-corrected chi connectivity index (χ4v) is 1.22. The van der Waals surface area contributed by atoms with Crippen molar-refractivity contribution in [2.75, 3.05) is 0 Å². The van der Waals surface area contributed by atoms with Crippen LogP contribution in [0.1, 0.15) is 44.3 Å². The molecule has 1 heterocycles. The first-order chi connectivity index (χ1) is 7.49. The molecular formula is C10H15N3O3. The van der Waals surface area contributed by atoms with Crippen molar-refractivity contribution >= 4 is 5.97 Å². The molecule has 0 aromatic carbocycles. The fourth-order valence-electron chi connectivity index (χ4n) is 1.22. The van der Waals surface area contributed by atoms with E-state index in [2.05, 4.69) is 15.5 Å². The van der Waals surface area contributed by atoms with Crippen LogP contribution >= 0.6 is 0 Å². The molecule has 0 bridgehead atoms. The number of aliphatic carboxylic acids is 1. The number of hydrogen-bond acceptors (Lipinski definition) is 5. The Labute approximate surface area is 93.0 Å². The average Bonchev–Trinajstić information content (AvgIpc) is 2.95. The van der Waals surface area contributed by atoms with Crippen LogP contribution in [0.2, 0.25) is 0 Å². The molecule has 2 rings (SSSR count).